The quantitative estimate of drug-likeness (QED) is 0.790. The molecule has 1 fully saturated rings. The fourth-order valence-electron chi connectivity index (χ4n) is 1.71. The number of aromatic nitrogens is 1. The van der Waals surface area contributed by atoms with Crippen LogP contribution in [-0.2, 0) is 0 Å². The zero-order chi connectivity index (χ0) is 9.26. The Hall–Kier alpha value is -0.600. The third-order valence-electron chi connectivity index (χ3n) is 2.82. The van der Waals surface area contributed by atoms with E-state index in [0.717, 1.165) is 5.56 Å². The molecule has 2 rings (SSSR count). The smallest absolute Gasteiger partial charge is 0.0637 e. The summed E-state index contributed by atoms with van der Waals surface area (Å²) in [4.78, 5) is 3.94. The molecule has 0 aliphatic heterocycles. The molecular formula is C10H13ClN2. The second-order valence-corrected chi connectivity index (χ2v) is 4.02. The van der Waals surface area contributed by atoms with Gasteiger partial charge in [0.1, 0.15) is 0 Å². The number of hydrogen-bond donors (Lipinski definition) is 1. The highest BCUT2D eigenvalue weighted by atomic mass is 35.5. The van der Waals surface area contributed by atoms with Gasteiger partial charge in [-0.2, -0.15) is 0 Å². The van der Waals surface area contributed by atoms with Crippen molar-refractivity contribution < 1.29 is 0 Å². The van der Waals surface area contributed by atoms with Crippen molar-refractivity contribution in [3.8, 4) is 0 Å². The molecule has 0 radical (unpaired) electrons. The van der Waals surface area contributed by atoms with Gasteiger partial charge < -0.3 is 5.73 Å². The van der Waals surface area contributed by atoms with E-state index in [-0.39, 0.29) is 6.04 Å². The molecule has 0 amide bonds. The van der Waals surface area contributed by atoms with Crippen molar-refractivity contribution in [2.24, 2.45) is 11.7 Å². The van der Waals surface area contributed by atoms with E-state index in [1.807, 2.05) is 6.07 Å². The first-order chi connectivity index (χ1) is 6.29. The summed E-state index contributed by atoms with van der Waals surface area (Å²) in [6.45, 7) is 0. The van der Waals surface area contributed by atoms with Crippen molar-refractivity contribution in [1.29, 1.82) is 0 Å². The van der Waals surface area contributed by atoms with Gasteiger partial charge in [0, 0.05) is 18.4 Å². The Morgan fingerprint density at radius 1 is 1.54 bits per heavy atom. The van der Waals surface area contributed by atoms with Crippen molar-refractivity contribution in [3.63, 3.8) is 0 Å². The Kier molecular flexibility index (Phi) is 2.51. The first kappa shape index (κ1) is 8.97. The number of nitrogens with two attached hydrogens (primary N) is 1. The lowest BCUT2D eigenvalue weighted by molar-refractivity contribution is 0.264. The van der Waals surface area contributed by atoms with Gasteiger partial charge in [-0.1, -0.05) is 18.0 Å². The molecular weight excluding hydrogens is 184 g/mol. The maximum absolute atomic E-state index is 6.09. The van der Waals surface area contributed by atoms with Crippen LogP contribution in [0.4, 0.5) is 0 Å². The molecule has 2 nitrogen and oxygen atoms in total. The van der Waals surface area contributed by atoms with Crippen LogP contribution < -0.4 is 5.73 Å². The Balaban J connectivity index is 2.18. The van der Waals surface area contributed by atoms with Crippen molar-refractivity contribution in [2.45, 2.75) is 25.3 Å². The summed E-state index contributed by atoms with van der Waals surface area (Å²) in [5, 5.41) is 0.696. The van der Waals surface area contributed by atoms with E-state index in [1.54, 1.807) is 12.4 Å². The van der Waals surface area contributed by atoms with E-state index >= 15 is 0 Å². The van der Waals surface area contributed by atoms with Crippen LogP contribution in [0.1, 0.15) is 30.9 Å². The van der Waals surface area contributed by atoms with Crippen molar-refractivity contribution in [2.75, 3.05) is 0 Å². The second-order valence-electron chi connectivity index (χ2n) is 3.61. The number of nitrogens with zero attached hydrogens (tertiary/aromatic N) is 1. The van der Waals surface area contributed by atoms with Gasteiger partial charge in [-0.15, -0.1) is 0 Å². The average molecular weight is 197 g/mol. The number of halogens is 1. The van der Waals surface area contributed by atoms with Crippen LogP contribution in [-0.4, -0.2) is 4.98 Å². The van der Waals surface area contributed by atoms with Gasteiger partial charge in [0.05, 0.1) is 5.02 Å². The lowest BCUT2D eigenvalue weighted by Crippen LogP contribution is -2.27. The van der Waals surface area contributed by atoms with Crippen LogP contribution in [0.3, 0.4) is 0 Å². The third-order valence-corrected chi connectivity index (χ3v) is 3.14. The minimum atomic E-state index is 0.101. The summed E-state index contributed by atoms with van der Waals surface area (Å²) in [7, 11) is 0. The number of hydrogen-bond acceptors (Lipinski definition) is 2. The molecule has 1 aromatic heterocycles. The van der Waals surface area contributed by atoms with Gasteiger partial charge >= 0.3 is 0 Å². The molecule has 70 valence electrons. The second kappa shape index (κ2) is 3.64. The largest absolute Gasteiger partial charge is 0.324 e. The summed E-state index contributed by atoms with van der Waals surface area (Å²) < 4.78 is 0. The lowest BCUT2D eigenvalue weighted by atomic mass is 9.78. The van der Waals surface area contributed by atoms with Crippen LogP contribution in [0.25, 0.3) is 0 Å². The molecule has 1 aliphatic carbocycles. The van der Waals surface area contributed by atoms with Gasteiger partial charge in [0.2, 0.25) is 0 Å². The van der Waals surface area contributed by atoms with Crippen LogP contribution in [0.5, 0.6) is 0 Å². The van der Waals surface area contributed by atoms with Crippen LogP contribution in [0.2, 0.25) is 5.02 Å². The monoisotopic (exact) mass is 196 g/mol. The van der Waals surface area contributed by atoms with Gasteiger partial charge in [-0.3, -0.25) is 4.98 Å². The standard InChI is InChI=1S/C10H13ClN2/c11-9-6-13-5-4-8(9)10(12)7-2-1-3-7/h4-7,10H,1-3,12H2/t10-/m0/s1. The molecule has 0 saturated heterocycles. The van der Waals surface area contributed by atoms with Gasteiger partial charge in [-0.05, 0) is 30.4 Å². The Morgan fingerprint density at radius 2 is 2.31 bits per heavy atom. The molecule has 1 atom stereocenters. The molecule has 13 heavy (non-hydrogen) atoms. The molecule has 3 heteroatoms. The van der Waals surface area contributed by atoms with E-state index < -0.39 is 0 Å². The fraction of sp³-hybridized carbons (Fsp3) is 0.500. The van der Waals surface area contributed by atoms with E-state index in [4.69, 9.17) is 17.3 Å². The maximum Gasteiger partial charge on any atom is 0.0637 e. The Bertz CT molecular complexity index is 297. The molecule has 0 aromatic carbocycles. The number of pyridine rings is 1. The number of rotatable bonds is 2. The van der Waals surface area contributed by atoms with Crippen LogP contribution >= 0.6 is 11.6 Å². The molecule has 1 aromatic rings. The molecule has 1 saturated carbocycles. The predicted molar refractivity (Wildman–Crippen MR) is 53.5 cm³/mol. The van der Waals surface area contributed by atoms with E-state index in [1.165, 1.54) is 19.3 Å². The average Bonchev–Trinajstić information content (AvgIpc) is 2.01. The van der Waals surface area contributed by atoms with Crippen LogP contribution in [0, 0.1) is 5.92 Å². The summed E-state index contributed by atoms with van der Waals surface area (Å²) in [5.41, 5.74) is 7.13. The normalized spacial score (nSPS) is 19.5. The molecule has 0 bridgehead atoms. The zero-order valence-electron chi connectivity index (χ0n) is 7.41. The lowest BCUT2D eigenvalue weighted by Gasteiger charge is -2.31. The topological polar surface area (TPSA) is 38.9 Å². The zero-order valence-corrected chi connectivity index (χ0v) is 8.17. The highest BCUT2D eigenvalue weighted by Crippen LogP contribution is 2.37. The Labute approximate surface area is 83.1 Å². The highest BCUT2D eigenvalue weighted by Gasteiger charge is 2.26. The Morgan fingerprint density at radius 3 is 2.85 bits per heavy atom. The molecule has 0 unspecified atom stereocenters. The van der Waals surface area contributed by atoms with Gasteiger partial charge in [0.15, 0.2) is 0 Å². The van der Waals surface area contributed by atoms with E-state index in [9.17, 15) is 0 Å². The van der Waals surface area contributed by atoms with E-state index in [0.29, 0.717) is 10.9 Å². The summed E-state index contributed by atoms with van der Waals surface area (Å²) >= 11 is 6.00. The summed E-state index contributed by atoms with van der Waals surface area (Å²) in [6, 6.07) is 2.02. The molecule has 1 heterocycles. The van der Waals surface area contributed by atoms with Gasteiger partial charge in [0.25, 0.3) is 0 Å². The fourth-order valence-corrected chi connectivity index (χ4v) is 1.95. The van der Waals surface area contributed by atoms with Crippen molar-refractivity contribution in [1.82, 2.24) is 4.98 Å². The van der Waals surface area contributed by atoms with Crippen molar-refractivity contribution in [3.05, 3.63) is 29.0 Å². The first-order valence-corrected chi connectivity index (χ1v) is 5.02. The van der Waals surface area contributed by atoms with Crippen molar-refractivity contribution >= 4 is 11.6 Å². The maximum atomic E-state index is 6.09. The molecule has 1 aliphatic rings. The first-order valence-electron chi connectivity index (χ1n) is 4.64. The van der Waals surface area contributed by atoms with E-state index in [2.05, 4.69) is 4.98 Å². The van der Waals surface area contributed by atoms with Gasteiger partial charge in [-0.25, -0.2) is 0 Å². The summed E-state index contributed by atoms with van der Waals surface area (Å²) in [5.74, 6) is 0.625. The molecule has 0 spiro atoms. The molecule has 2 N–H and O–H groups in total. The minimum Gasteiger partial charge on any atom is -0.324 e. The highest BCUT2D eigenvalue weighted by molar-refractivity contribution is 6.31. The SMILES string of the molecule is N[C@H](c1ccncc1Cl)C1CCC1. The third kappa shape index (κ3) is 1.69. The van der Waals surface area contributed by atoms with Crippen LogP contribution in [0.15, 0.2) is 18.5 Å². The summed E-state index contributed by atoms with van der Waals surface area (Å²) in [6.07, 6.45) is 7.19. The minimum absolute atomic E-state index is 0.101. The predicted octanol–water partition coefficient (Wildman–Crippen LogP) is 2.53.